The highest BCUT2D eigenvalue weighted by Gasteiger charge is 2.17. The highest BCUT2D eigenvalue weighted by molar-refractivity contribution is 6.34. The van der Waals surface area contributed by atoms with E-state index in [2.05, 4.69) is 4.99 Å². The van der Waals surface area contributed by atoms with Crippen LogP contribution in [0.4, 0.5) is 10.5 Å². The lowest BCUT2D eigenvalue weighted by Crippen LogP contribution is -2.30. The topological polar surface area (TPSA) is 93.9 Å². The Morgan fingerprint density at radius 1 is 1.44 bits per heavy atom. The van der Waals surface area contributed by atoms with Crippen molar-refractivity contribution in [1.82, 2.24) is 0 Å². The first kappa shape index (κ1) is 14.1. The van der Waals surface area contributed by atoms with Crippen LogP contribution in [0.25, 0.3) is 0 Å². The van der Waals surface area contributed by atoms with E-state index in [0.717, 1.165) is 5.56 Å². The zero-order valence-corrected chi connectivity index (χ0v) is 11.2. The van der Waals surface area contributed by atoms with Gasteiger partial charge in [0.15, 0.2) is 5.96 Å². The maximum atomic E-state index is 11.7. The Kier molecular flexibility index (Phi) is 4.38. The predicted molar refractivity (Wildman–Crippen MR) is 72.3 cm³/mol. The van der Waals surface area contributed by atoms with Gasteiger partial charge in [-0.05, 0) is 18.6 Å². The summed E-state index contributed by atoms with van der Waals surface area (Å²) in [6.07, 6.45) is 0. The summed E-state index contributed by atoms with van der Waals surface area (Å²) < 4.78 is 5.08. The highest BCUT2D eigenvalue weighted by Crippen LogP contribution is 2.33. The normalized spacial score (nSPS) is 9.78. The van der Waals surface area contributed by atoms with Crippen LogP contribution >= 0.6 is 11.6 Å². The fraction of sp³-hybridized carbons (Fsp3) is 0.273. The number of guanidine groups is 1. The average molecular weight is 271 g/mol. The second-order valence-electron chi connectivity index (χ2n) is 3.65. The quantitative estimate of drug-likeness (QED) is 0.629. The van der Waals surface area contributed by atoms with Crippen LogP contribution in [0.5, 0.6) is 5.75 Å². The zero-order valence-electron chi connectivity index (χ0n) is 10.4. The largest absolute Gasteiger partial charge is 0.497 e. The molecule has 0 aromatic heterocycles. The minimum Gasteiger partial charge on any atom is -0.497 e. The Balaban J connectivity index is 3.18. The van der Waals surface area contributed by atoms with E-state index in [9.17, 15) is 4.79 Å². The summed E-state index contributed by atoms with van der Waals surface area (Å²) in [5.41, 5.74) is 11.6. The van der Waals surface area contributed by atoms with Crippen LogP contribution < -0.4 is 21.1 Å². The monoisotopic (exact) mass is 270 g/mol. The summed E-state index contributed by atoms with van der Waals surface area (Å²) in [6.45, 7) is 1.81. The Morgan fingerprint density at radius 2 is 2.06 bits per heavy atom. The molecule has 1 aromatic rings. The van der Waals surface area contributed by atoms with Crippen LogP contribution in [-0.4, -0.2) is 26.1 Å². The number of anilines is 1. The van der Waals surface area contributed by atoms with Gasteiger partial charge in [-0.2, -0.15) is 4.99 Å². The molecular weight excluding hydrogens is 256 g/mol. The lowest BCUT2D eigenvalue weighted by atomic mass is 10.1. The van der Waals surface area contributed by atoms with Crippen LogP contribution in [0, 0.1) is 6.92 Å². The van der Waals surface area contributed by atoms with Gasteiger partial charge < -0.3 is 16.2 Å². The number of amides is 2. The van der Waals surface area contributed by atoms with Gasteiger partial charge in [-0.25, -0.2) is 4.79 Å². The van der Waals surface area contributed by atoms with Gasteiger partial charge in [-0.1, -0.05) is 11.6 Å². The molecule has 18 heavy (non-hydrogen) atoms. The number of hydrogen-bond donors (Lipinski definition) is 2. The summed E-state index contributed by atoms with van der Waals surface area (Å²) in [5, 5.41) is 0.383. The van der Waals surface area contributed by atoms with Gasteiger partial charge >= 0.3 is 6.03 Å². The smallest absolute Gasteiger partial charge is 0.351 e. The summed E-state index contributed by atoms with van der Waals surface area (Å²) in [6, 6.07) is 2.79. The van der Waals surface area contributed by atoms with Crippen LogP contribution in [0.3, 0.4) is 0 Å². The number of urea groups is 1. The van der Waals surface area contributed by atoms with Crippen LogP contribution in [0.15, 0.2) is 17.1 Å². The lowest BCUT2D eigenvalue weighted by Gasteiger charge is -2.19. The maximum Gasteiger partial charge on any atom is 0.351 e. The Bertz CT molecular complexity index is 475. The molecule has 0 unspecified atom stereocenters. The fourth-order valence-electron chi connectivity index (χ4n) is 1.53. The van der Waals surface area contributed by atoms with Gasteiger partial charge in [0, 0.05) is 13.1 Å². The molecular formula is C11H15ClN4O2. The molecule has 2 amide bonds. The molecule has 1 rings (SSSR count). The number of rotatable bonds is 2. The minimum atomic E-state index is -0.592. The van der Waals surface area contributed by atoms with Gasteiger partial charge in [0.1, 0.15) is 5.75 Å². The highest BCUT2D eigenvalue weighted by atomic mass is 35.5. The fourth-order valence-corrected chi connectivity index (χ4v) is 1.91. The Labute approximate surface area is 110 Å². The summed E-state index contributed by atoms with van der Waals surface area (Å²) >= 11 is 6.10. The first-order chi connectivity index (χ1) is 8.36. The number of halogens is 1. The number of benzene rings is 1. The van der Waals surface area contributed by atoms with Crippen molar-refractivity contribution in [3.8, 4) is 5.75 Å². The van der Waals surface area contributed by atoms with E-state index in [1.54, 1.807) is 19.2 Å². The molecule has 6 nitrogen and oxygen atoms in total. The van der Waals surface area contributed by atoms with Gasteiger partial charge in [0.2, 0.25) is 0 Å². The van der Waals surface area contributed by atoms with Gasteiger partial charge in [0.25, 0.3) is 0 Å². The minimum absolute atomic E-state index is 0.297. The molecule has 0 radical (unpaired) electrons. The van der Waals surface area contributed by atoms with Crippen LogP contribution in [0.2, 0.25) is 5.02 Å². The number of nitrogens with zero attached hydrogens (tertiary/aromatic N) is 2. The van der Waals surface area contributed by atoms with Crippen molar-refractivity contribution >= 4 is 29.3 Å². The molecule has 0 fully saturated rings. The number of ether oxygens (including phenoxy) is 1. The molecule has 0 spiro atoms. The number of carbonyl (C=O) groups is 1. The van der Waals surface area contributed by atoms with Crippen molar-refractivity contribution in [2.45, 2.75) is 6.92 Å². The zero-order chi connectivity index (χ0) is 13.9. The van der Waals surface area contributed by atoms with Crippen molar-refractivity contribution < 1.29 is 9.53 Å². The van der Waals surface area contributed by atoms with Crippen molar-refractivity contribution in [2.24, 2.45) is 16.5 Å². The third-order valence-electron chi connectivity index (χ3n) is 2.31. The van der Waals surface area contributed by atoms with E-state index in [1.807, 2.05) is 6.92 Å². The number of aryl methyl sites for hydroxylation is 1. The third-order valence-corrected chi connectivity index (χ3v) is 2.60. The summed E-state index contributed by atoms with van der Waals surface area (Å²) in [5.74, 6) is 0.318. The van der Waals surface area contributed by atoms with Crippen LogP contribution in [0.1, 0.15) is 5.56 Å². The first-order valence-electron chi connectivity index (χ1n) is 5.08. The molecule has 0 aliphatic heterocycles. The molecule has 1 aromatic carbocycles. The van der Waals surface area contributed by atoms with Gasteiger partial charge in [0.05, 0.1) is 17.8 Å². The van der Waals surface area contributed by atoms with E-state index in [4.69, 9.17) is 27.8 Å². The number of aliphatic imine (C=N–C) groups is 1. The Morgan fingerprint density at radius 3 is 2.50 bits per heavy atom. The molecule has 0 saturated heterocycles. The summed E-state index contributed by atoms with van der Waals surface area (Å²) in [7, 11) is 3.08. The summed E-state index contributed by atoms with van der Waals surface area (Å²) in [4.78, 5) is 16.4. The van der Waals surface area contributed by atoms with E-state index >= 15 is 0 Å². The molecule has 0 aliphatic rings. The number of methoxy groups -OCH3 is 1. The first-order valence-corrected chi connectivity index (χ1v) is 5.46. The number of hydrogen-bond acceptors (Lipinski definition) is 2. The van der Waals surface area contributed by atoms with E-state index in [0.29, 0.717) is 16.5 Å². The third kappa shape index (κ3) is 3.04. The SMILES string of the molecule is COc1cc(C)c(N(C)C(=O)N=C(N)N)c(Cl)c1. The molecule has 0 atom stereocenters. The van der Waals surface area contributed by atoms with Crippen molar-refractivity contribution in [2.75, 3.05) is 19.1 Å². The maximum absolute atomic E-state index is 11.7. The predicted octanol–water partition coefficient (Wildman–Crippen LogP) is 1.49. The second kappa shape index (κ2) is 5.59. The molecule has 0 heterocycles. The molecule has 4 N–H and O–H groups in total. The van der Waals surface area contributed by atoms with E-state index in [1.165, 1.54) is 11.9 Å². The Hall–Kier alpha value is -1.95. The average Bonchev–Trinajstić information content (AvgIpc) is 2.26. The lowest BCUT2D eigenvalue weighted by molar-refractivity contribution is 0.255. The second-order valence-corrected chi connectivity index (χ2v) is 4.06. The van der Waals surface area contributed by atoms with E-state index < -0.39 is 6.03 Å². The molecule has 0 saturated carbocycles. The molecule has 0 bridgehead atoms. The molecule has 7 heteroatoms. The van der Waals surface area contributed by atoms with Crippen molar-refractivity contribution in [3.05, 3.63) is 22.7 Å². The van der Waals surface area contributed by atoms with Gasteiger partial charge in [-0.3, -0.25) is 4.90 Å². The van der Waals surface area contributed by atoms with Gasteiger partial charge in [-0.15, -0.1) is 0 Å². The van der Waals surface area contributed by atoms with Crippen molar-refractivity contribution in [3.63, 3.8) is 0 Å². The molecule has 98 valence electrons. The van der Waals surface area contributed by atoms with Crippen LogP contribution in [-0.2, 0) is 0 Å². The van der Waals surface area contributed by atoms with Crippen molar-refractivity contribution in [1.29, 1.82) is 0 Å². The number of nitrogens with two attached hydrogens (primary N) is 2. The standard InChI is InChI=1S/C11H15ClN4O2/c1-6-4-7(18-3)5-8(12)9(6)16(2)11(17)15-10(13)14/h4-5H,1-3H3,(H4,13,14,15,17). The van der Waals surface area contributed by atoms with E-state index in [-0.39, 0.29) is 5.96 Å². The molecule has 0 aliphatic carbocycles. The number of carbonyl (C=O) groups excluding carboxylic acids is 1.